The smallest absolute Gasteiger partial charge is 0.318 e. The van der Waals surface area contributed by atoms with Crippen LogP contribution in [0.5, 0.6) is 11.5 Å². The molecule has 0 fully saturated rings. The van der Waals surface area contributed by atoms with Crippen molar-refractivity contribution in [1.29, 1.82) is 0 Å². The van der Waals surface area contributed by atoms with Gasteiger partial charge in [-0.3, -0.25) is 4.79 Å². The number of aryl methyl sites for hydroxylation is 1. The fourth-order valence-electron chi connectivity index (χ4n) is 3.44. The maximum absolute atomic E-state index is 13.4. The summed E-state index contributed by atoms with van der Waals surface area (Å²) >= 11 is 0. The van der Waals surface area contributed by atoms with Crippen molar-refractivity contribution in [3.05, 3.63) is 47.4 Å². The van der Waals surface area contributed by atoms with Gasteiger partial charge in [-0.25, -0.2) is 4.79 Å². The van der Waals surface area contributed by atoms with Crippen LogP contribution in [0.4, 0.5) is 4.79 Å². The summed E-state index contributed by atoms with van der Waals surface area (Å²) in [4.78, 5) is 29.4. The van der Waals surface area contributed by atoms with E-state index in [9.17, 15) is 9.59 Å². The first-order valence-corrected chi connectivity index (χ1v) is 10.9. The Morgan fingerprint density at radius 1 is 1.03 bits per heavy atom. The van der Waals surface area contributed by atoms with Gasteiger partial charge in [-0.2, -0.15) is 0 Å². The molecular weight excluding hydrogens is 410 g/mol. The van der Waals surface area contributed by atoms with E-state index in [1.165, 1.54) is 0 Å². The summed E-state index contributed by atoms with van der Waals surface area (Å²) in [5, 5.41) is 2.95. The molecule has 8 nitrogen and oxygen atoms in total. The van der Waals surface area contributed by atoms with E-state index < -0.39 is 0 Å². The van der Waals surface area contributed by atoms with Crippen molar-refractivity contribution in [2.75, 3.05) is 19.9 Å². The number of rotatable bonds is 8. The SMILES string of the molecule is CCCN(CC(=O)N(Cc1ccc2c(c1)OCO2)Cc1ccc(C)o1)C(=O)NC(C)(C)C. The molecule has 1 aliphatic rings. The van der Waals surface area contributed by atoms with Crippen LogP contribution in [0.25, 0.3) is 0 Å². The number of ether oxygens (including phenoxy) is 2. The van der Waals surface area contributed by atoms with Gasteiger partial charge in [-0.1, -0.05) is 13.0 Å². The van der Waals surface area contributed by atoms with Crippen LogP contribution >= 0.6 is 0 Å². The number of furan rings is 1. The maximum Gasteiger partial charge on any atom is 0.318 e. The second-order valence-corrected chi connectivity index (χ2v) is 9.05. The molecule has 3 amide bonds. The molecule has 0 atom stereocenters. The number of amides is 3. The Bertz CT molecular complexity index is 947. The third-order valence-corrected chi connectivity index (χ3v) is 4.89. The van der Waals surface area contributed by atoms with E-state index in [2.05, 4.69) is 5.32 Å². The number of carbonyl (C=O) groups is 2. The van der Waals surface area contributed by atoms with Gasteiger partial charge >= 0.3 is 6.03 Å². The number of urea groups is 1. The number of benzene rings is 1. The highest BCUT2D eigenvalue weighted by Crippen LogP contribution is 2.33. The molecule has 0 radical (unpaired) electrons. The molecule has 0 bridgehead atoms. The molecule has 0 saturated carbocycles. The molecule has 32 heavy (non-hydrogen) atoms. The number of nitrogens with one attached hydrogen (secondary N) is 1. The lowest BCUT2D eigenvalue weighted by molar-refractivity contribution is -0.133. The Labute approximate surface area is 189 Å². The van der Waals surface area contributed by atoms with Crippen LogP contribution in [0, 0.1) is 6.92 Å². The van der Waals surface area contributed by atoms with E-state index in [1.807, 2.05) is 65.0 Å². The predicted octanol–water partition coefficient (Wildman–Crippen LogP) is 4.07. The van der Waals surface area contributed by atoms with E-state index in [-0.39, 0.29) is 30.8 Å². The Balaban J connectivity index is 1.77. The Morgan fingerprint density at radius 2 is 1.78 bits per heavy atom. The van der Waals surface area contributed by atoms with Gasteiger partial charge in [0, 0.05) is 18.6 Å². The zero-order valence-electron chi connectivity index (χ0n) is 19.6. The summed E-state index contributed by atoms with van der Waals surface area (Å²) in [6, 6.07) is 9.13. The van der Waals surface area contributed by atoms with Crippen molar-refractivity contribution >= 4 is 11.9 Å². The molecule has 0 saturated heterocycles. The molecule has 0 spiro atoms. The minimum Gasteiger partial charge on any atom is -0.464 e. The normalized spacial score (nSPS) is 12.5. The van der Waals surface area contributed by atoms with Gasteiger partial charge in [0.25, 0.3) is 0 Å². The lowest BCUT2D eigenvalue weighted by Gasteiger charge is -2.30. The van der Waals surface area contributed by atoms with Crippen molar-refractivity contribution in [3.8, 4) is 11.5 Å². The van der Waals surface area contributed by atoms with Crippen LogP contribution in [0.15, 0.2) is 34.7 Å². The van der Waals surface area contributed by atoms with Crippen LogP contribution in [0.3, 0.4) is 0 Å². The second-order valence-electron chi connectivity index (χ2n) is 9.05. The molecule has 1 aromatic carbocycles. The molecule has 1 aliphatic heterocycles. The van der Waals surface area contributed by atoms with Crippen LogP contribution < -0.4 is 14.8 Å². The molecular formula is C24H33N3O5. The fourth-order valence-corrected chi connectivity index (χ4v) is 3.44. The van der Waals surface area contributed by atoms with Crippen LogP contribution in [-0.4, -0.2) is 47.2 Å². The van der Waals surface area contributed by atoms with Crippen molar-refractivity contribution in [3.63, 3.8) is 0 Å². The van der Waals surface area contributed by atoms with Crippen LogP contribution in [0.2, 0.25) is 0 Å². The summed E-state index contributed by atoms with van der Waals surface area (Å²) in [5.74, 6) is 2.68. The fraction of sp³-hybridized carbons (Fsp3) is 0.500. The van der Waals surface area contributed by atoms with Gasteiger partial charge in [-0.05, 0) is 63.9 Å². The highest BCUT2D eigenvalue weighted by atomic mass is 16.7. The minimum absolute atomic E-state index is 0.0139. The lowest BCUT2D eigenvalue weighted by Crippen LogP contribution is -2.51. The van der Waals surface area contributed by atoms with E-state index in [0.717, 1.165) is 17.7 Å². The molecule has 8 heteroatoms. The summed E-state index contributed by atoms with van der Waals surface area (Å²) in [6.07, 6.45) is 0.754. The summed E-state index contributed by atoms with van der Waals surface area (Å²) in [6.45, 7) is 10.9. The maximum atomic E-state index is 13.4. The molecule has 3 rings (SSSR count). The number of carbonyl (C=O) groups excluding carboxylic acids is 2. The largest absolute Gasteiger partial charge is 0.464 e. The molecule has 0 aliphatic carbocycles. The van der Waals surface area contributed by atoms with Gasteiger partial charge < -0.3 is 29.0 Å². The van der Waals surface area contributed by atoms with E-state index in [0.29, 0.717) is 36.9 Å². The molecule has 2 aromatic rings. The first-order chi connectivity index (χ1) is 15.1. The standard InChI is InChI=1S/C24H33N3O5/c1-6-11-26(23(29)25-24(3,4)5)15-22(28)27(14-19-9-7-17(2)32-19)13-18-8-10-20-21(12-18)31-16-30-20/h7-10,12H,6,11,13-16H2,1-5H3,(H,25,29). The van der Waals surface area contributed by atoms with Gasteiger partial charge in [0.15, 0.2) is 11.5 Å². The van der Waals surface area contributed by atoms with Crippen LogP contribution in [-0.2, 0) is 17.9 Å². The number of fused-ring (bicyclic) bond motifs is 1. The third kappa shape index (κ3) is 6.42. The molecule has 174 valence electrons. The van der Waals surface area contributed by atoms with Gasteiger partial charge in [0.05, 0.1) is 6.54 Å². The Kier molecular flexibility index (Phi) is 7.33. The summed E-state index contributed by atoms with van der Waals surface area (Å²) < 4.78 is 16.6. The first-order valence-electron chi connectivity index (χ1n) is 10.9. The van der Waals surface area contributed by atoms with Crippen molar-refractivity contribution < 1.29 is 23.5 Å². The number of hydrogen-bond donors (Lipinski definition) is 1. The Hall–Kier alpha value is -3.16. The topological polar surface area (TPSA) is 84.2 Å². The summed E-state index contributed by atoms with van der Waals surface area (Å²) in [5.41, 5.74) is 0.524. The quantitative estimate of drug-likeness (QED) is 0.665. The number of nitrogens with zero attached hydrogens (tertiary/aromatic N) is 2. The second kappa shape index (κ2) is 9.97. The molecule has 0 unspecified atom stereocenters. The zero-order valence-corrected chi connectivity index (χ0v) is 19.6. The highest BCUT2D eigenvalue weighted by molar-refractivity contribution is 5.84. The highest BCUT2D eigenvalue weighted by Gasteiger charge is 2.25. The lowest BCUT2D eigenvalue weighted by atomic mass is 10.1. The minimum atomic E-state index is -0.385. The Morgan fingerprint density at radius 3 is 2.44 bits per heavy atom. The monoisotopic (exact) mass is 443 g/mol. The average Bonchev–Trinajstić information content (AvgIpc) is 3.34. The van der Waals surface area contributed by atoms with E-state index in [1.54, 1.807) is 9.80 Å². The van der Waals surface area contributed by atoms with Crippen molar-refractivity contribution in [2.24, 2.45) is 0 Å². The van der Waals surface area contributed by atoms with E-state index in [4.69, 9.17) is 13.9 Å². The van der Waals surface area contributed by atoms with Gasteiger partial charge in [-0.15, -0.1) is 0 Å². The van der Waals surface area contributed by atoms with Crippen LogP contribution in [0.1, 0.15) is 51.2 Å². The van der Waals surface area contributed by atoms with Gasteiger partial charge in [0.1, 0.15) is 18.1 Å². The van der Waals surface area contributed by atoms with E-state index >= 15 is 0 Å². The first kappa shape index (κ1) is 23.5. The predicted molar refractivity (Wildman–Crippen MR) is 120 cm³/mol. The molecule has 1 N–H and O–H groups in total. The third-order valence-electron chi connectivity index (χ3n) is 4.89. The zero-order chi connectivity index (χ0) is 23.3. The molecule has 1 aromatic heterocycles. The van der Waals surface area contributed by atoms with Crippen molar-refractivity contribution in [2.45, 2.75) is 59.7 Å². The van der Waals surface area contributed by atoms with Crippen molar-refractivity contribution in [1.82, 2.24) is 15.1 Å². The summed E-state index contributed by atoms with van der Waals surface area (Å²) in [7, 11) is 0. The average molecular weight is 444 g/mol. The number of hydrogen-bond acceptors (Lipinski definition) is 5. The van der Waals surface area contributed by atoms with Gasteiger partial charge in [0.2, 0.25) is 12.7 Å². The molecule has 2 heterocycles.